The zero-order chi connectivity index (χ0) is 13.7. The second-order valence-corrected chi connectivity index (χ2v) is 3.59. The first-order valence-electron chi connectivity index (χ1n) is 5.02. The molecule has 0 saturated carbocycles. The van der Waals surface area contributed by atoms with E-state index in [-0.39, 0.29) is 18.5 Å². The number of hydrogen-bond donors (Lipinski definition) is 3. The number of rotatable bonds is 5. The number of aromatic hydroxyl groups is 1. The standard InChI is InChI=1S/C10H11F2N3O3/c11-6-3-5(4-7(12)10(6)18)9(17)8(16)1-2-14-15-13/h3-4,8-9,16-18H,1-2H2. The molecule has 0 aliphatic rings. The van der Waals surface area contributed by atoms with Crippen molar-refractivity contribution in [3.05, 3.63) is 39.8 Å². The lowest BCUT2D eigenvalue weighted by atomic mass is 10.0. The number of phenols is 1. The van der Waals surface area contributed by atoms with E-state index in [1.165, 1.54) is 0 Å². The number of nitrogens with zero attached hydrogens (tertiary/aromatic N) is 3. The van der Waals surface area contributed by atoms with Crippen molar-refractivity contribution in [2.75, 3.05) is 6.54 Å². The summed E-state index contributed by atoms with van der Waals surface area (Å²) in [5, 5.41) is 31.2. The van der Waals surface area contributed by atoms with E-state index in [0.29, 0.717) is 0 Å². The third-order valence-electron chi connectivity index (χ3n) is 2.33. The molecule has 0 spiro atoms. The van der Waals surface area contributed by atoms with E-state index in [4.69, 9.17) is 10.6 Å². The molecule has 0 saturated heterocycles. The molecule has 0 aromatic heterocycles. The fraction of sp³-hybridized carbons (Fsp3) is 0.400. The molecule has 2 unspecified atom stereocenters. The van der Waals surface area contributed by atoms with Crippen molar-refractivity contribution >= 4 is 0 Å². The van der Waals surface area contributed by atoms with Gasteiger partial charge in [0.25, 0.3) is 0 Å². The van der Waals surface area contributed by atoms with Gasteiger partial charge in [-0.1, -0.05) is 5.11 Å². The highest BCUT2D eigenvalue weighted by Crippen LogP contribution is 2.27. The smallest absolute Gasteiger partial charge is 0.187 e. The predicted molar refractivity (Wildman–Crippen MR) is 57.6 cm³/mol. The molecule has 0 fully saturated rings. The molecule has 98 valence electrons. The van der Waals surface area contributed by atoms with E-state index in [1.807, 2.05) is 0 Å². The van der Waals surface area contributed by atoms with Crippen LogP contribution in [0, 0.1) is 11.6 Å². The highest BCUT2D eigenvalue weighted by Gasteiger charge is 2.21. The molecule has 0 aliphatic heterocycles. The minimum Gasteiger partial charge on any atom is -0.503 e. The SMILES string of the molecule is [N-]=[N+]=NCCC(O)C(O)c1cc(F)c(O)c(F)c1. The Morgan fingerprint density at radius 3 is 2.33 bits per heavy atom. The third-order valence-corrected chi connectivity index (χ3v) is 2.33. The minimum atomic E-state index is -1.54. The lowest BCUT2D eigenvalue weighted by Gasteiger charge is -2.17. The van der Waals surface area contributed by atoms with Crippen LogP contribution in [-0.2, 0) is 0 Å². The van der Waals surface area contributed by atoms with Gasteiger partial charge >= 0.3 is 0 Å². The average molecular weight is 259 g/mol. The Kier molecular flexibility index (Phi) is 4.85. The summed E-state index contributed by atoms with van der Waals surface area (Å²) in [4.78, 5) is 2.46. The molecule has 8 heteroatoms. The van der Waals surface area contributed by atoms with Gasteiger partial charge in [0, 0.05) is 11.5 Å². The van der Waals surface area contributed by atoms with Gasteiger partial charge in [-0.3, -0.25) is 0 Å². The summed E-state index contributed by atoms with van der Waals surface area (Å²) >= 11 is 0. The Morgan fingerprint density at radius 1 is 1.28 bits per heavy atom. The molecule has 0 radical (unpaired) electrons. The maximum Gasteiger partial charge on any atom is 0.187 e. The molecule has 1 aromatic carbocycles. The highest BCUT2D eigenvalue weighted by atomic mass is 19.1. The van der Waals surface area contributed by atoms with E-state index < -0.39 is 29.6 Å². The molecule has 0 heterocycles. The Labute approximate surface area is 101 Å². The van der Waals surface area contributed by atoms with E-state index in [0.717, 1.165) is 12.1 Å². The van der Waals surface area contributed by atoms with Gasteiger partial charge in [0.1, 0.15) is 6.10 Å². The molecule has 1 rings (SSSR count). The number of hydrogen-bond acceptors (Lipinski definition) is 4. The zero-order valence-corrected chi connectivity index (χ0v) is 9.16. The molecule has 0 amide bonds. The molecule has 1 aromatic rings. The Morgan fingerprint density at radius 2 is 1.83 bits per heavy atom. The topological polar surface area (TPSA) is 109 Å². The van der Waals surface area contributed by atoms with Crippen molar-refractivity contribution < 1.29 is 24.1 Å². The van der Waals surface area contributed by atoms with Crippen molar-refractivity contribution in [1.29, 1.82) is 0 Å². The third kappa shape index (κ3) is 3.30. The Balaban J connectivity index is 2.83. The van der Waals surface area contributed by atoms with Crippen LogP contribution in [0.5, 0.6) is 5.75 Å². The monoisotopic (exact) mass is 259 g/mol. The molecule has 6 nitrogen and oxygen atoms in total. The van der Waals surface area contributed by atoms with Crippen molar-refractivity contribution in [2.24, 2.45) is 5.11 Å². The van der Waals surface area contributed by atoms with Crippen molar-refractivity contribution in [2.45, 2.75) is 18.6 Å². The second-order valence-electron chi connectivity index (χ2n) is 3.59. The van der Waals surface area contributed by atoms with Crippen molar-refractivity contribution in [3.63, 3.8) is 0 Å². The molecule has 3 N–H and O–H groups in total. The van der Waals surface area contributed by atoms with Gasteiger partial charge in [0.15, 0.2) is 17.4 Å². The normalized spacial score (nSPS) is 13.8. The van der Waals surface area contributed by atoms with Crippen LogP contribution in [0.4, 0.5) is 8.78 Å². The van der Waals surface area contributed by atoms with Gasteiger partial charge in [-0.05, 0) is 29.6 Å². The average Bonchev–Trinajstić information content (AvgIpc) is 2.34. The molecule has 0 bridgehead atoms. The number of halogens is 2. The summed E-state index contributed by atoms with van der Waals surface area (Å²) in [5.41, 5.74) is 7.81. The first-order chi connectivity index (χ1) is 8.47. The van der Waals surface area contributed by atoms with Gasteiger partial charge in [-0.15, -0.1) is 0 Å². The van der Waals surface area contributed by atoms with E-state index in [9.17, 15) is 19.0 Å². The Bertz CT molecular complexity index is 454. The fourth-order valence-corrected chi connectivity index (χ4v) is 1.37. The predicted octanol–water partition coefficient (Wildman–Crippen LogP) is 1.77. The van der Waals surface area contributed by atoms with Gasteiger partial charge in [-0.2, -0.15) is 0 Å². The summed E-state index contributed by atoms with van der Waals surface area (Å²) in [6.45, 7) is -0.0578. The minimum absolute atomic E-state index is 0.0578. The number of benzene rings is 1. The zero-order valence-electron chi connectivity index (χ0n) is 9.16. The summed E-state index contributed by atoms with van der Waals surface area (Å²) < 4.78 is 26.0. The lowest BCUT2D eigenvalue weighted by molar-refractivity contribution is 0.0146. The van der Waals surface area contributed by atoms with Crippen LogP contribution < -0.4 is 0 Å². The number of azide groups is 1. The molecular weight excluding hydrogens is 248 g/mol. The summed E-state index contributed by atoms with van der Waals surface area (Å²) in [6, 6.07) is 1.44. The van der Waals surface area contributed by atoms with Crippen LogP contribution in [-0.4, -0.2) is 28.0 Å². The fourth-order valence-electron chi connectivity index (χ4n) is 1.37. The van der Waals surface area contributed by atoms with E-state index in [1.54, 1.807) is 0 Å². The van der Waals surface area contributed by atoms with Crippen LogP contribution >= 0.6 is 0 Å². The van der Waals surface area contributed by atoms with Crippen LogP contribution in [0.1, 0.15) is 18.1 Å². The van der Waals surface area contributed by atoms with Crippen molar-refractivity contribution in [3.8, 4) is 5.75 Å². The highest BCUT2D eigenvalue weighted by molar-refractivity contribution is 5.31. The van der Waals surface area contributed by atoms with Gasteiger partial charge < -0.3 is 15.3 Å². The van der Waals surface area contributed by atoms with Crippen LogP contribution in [0.3, 0.4) is 0 Å². The number of aliphatic hydroxyl groups is 2. The number of phenolic OH excluding ortho intramolecular Hbond substituents is 1. The maximum atomic E-state index is 13.0. The summed E-state index contributed by atoms with van der Waals surface area (Å²) in [5.74, 6) is -3.60. The van der Waals surface area contributed by atoms with Crippen LogP contribution in [0.25, 0.3) is 10.4 Å². The van der Waals surface area contributed by atoms with Crippen LogP contribution in [0.15, 0.2) is 17.2 Å². The first-order valence-corrected chi connectivity index (χ1v) is 5.02. The Hall–Kier alpha value is -1.89. The number of aliphatic hydroxyl groups excluding tert-OH is 2. The second kappa shape index (κ2) is 6.15. The molecule has 18 heavy (non-hydrogen) atoms. The first kappa shape index (κ1) is 14.2. The summed E-state index contributed by atoms with van der Waals surface area (Å²) in [7, 11) is 0. The largest absolute Gasteiger partial charge is 0.503 e. The quantitative estimate of drug-likeness (QED) is 0.425. The van der Waals surface area contributed by atoms with E-state index in [2.05, 4.69) is 10.0 Å². The van der Waals surface area contributed by atoms with Gasteiger partial charge in [0.05, 0.1) is 6.10 Å². The molecule has 0 aliphatic carbocycles. The summed E-state index contributed by atoms with van der Waals surface area (Å²) in [6.07, 6.45) is -2.93. The van der Waals surface area contributed by atoms with Crippen LogP contribution in [0.2, 0.25) is 0 Å². The van der Waals surface area contributed by atoms with E-state index >= 15 is 0 Å². The lowest BCUT2D eigenvalue weighted by Crippen LogP contribution is -2.19. The maximum absolute atomic E-state index is 13.0. The van der Waals surface area contributed by atoms with Gasteiger partial charge in [-0.25, -0.2) is 8.78 Å². The molecule has 2 atom stereocenters. The van der Waals surface area contributed by atoms with Crippen molar-refractivity contribution in [1.82, 2.24) is 0 Å². The molecular formula is C10H11F2N3O3. The van der Waals surface area contributed by atoms with Gasteiger partial charge in [0.2, 0.25) is 0 Å².